The molecule has 2 aliphatic rings. The van der Waals surface area contributed by atoms with Crippen molar-refractivity contribution < 1.29 is 28.2 Å². The average Bonchev–Trinajstić information content (AvgIpc) is 3.13. The van der Waals surface area contributed by atoms with E-state index in [0.717, 1.165) is 0 Å². The molecule has 0 N–H and O–H groups in total. The van der Waals surface area contributed by atoms with E-state index in [4.69, 9.17) is 23.4 Å². The van der Waals surface area contributed by atoms with Gasteiger partial charge in [-0.05, 0) is 24.3 Å². The minimum atomic E-state index is -0.498. The Morgan fingerprint density at radius 1 is 1.00 bits per heavy atom. The summed E-state index contributed by atoms with van der Waals surface area (Å²) in [5.74, 6) is 1.07. The van der Waals surface area contributed by atoms with Gasteiger partial charge in [0.2, 0.25) is 6.79 Å². The molecule has 7 heteroatoms. The SMILES string of the molecule is COc1ccc2occ([C@@H]3CC(=O)Oc4cc5c(cc43)OCO5)c(=O)c2c1. The van der Waals surface area contributed by atoms with Crippen molar-refractivity contribution in [2.24, 2.45) is 0 Å². The minimum Gasteiger partial charge on any atom is -0.497 e. The normalized spacial score (nSPS) is 17.5. The molecular formula is C20H14O7. The summed E-state index contributed by atoms with van der Waals surface area (Å²) in [7, 11) is 1.53. The number of ether oxygens (including phenoxy) is 4. The fourth-order valence-electron chi connectivity index (χ4n) is 3.51. The van der Waals surface area contributed by atoms with Gasteiger partial charge in [-0.25, -0.2) is 0 Å². The third kappa shape index (κ3) is 2.43. The number of rotatable bonds is 2. The molecule has 3 heterocycles. The lowest BCUT2D eigenvalue weighted by Gasteiger charge is -2.24. The van der Waals surface area contributed by atoms with Gasteiger partial charge in [-0.3, -0.25) is 9.59 Å². The first-order chi connectivity index (χ1) is 13.1. The van der Waals surface area contributed by atoms with Gasteiger partial charge in [0, 0.05) is 23.1 Å². The summed E-state index contributed by atoms with van der Waals surface area (Å²) in [5.41, 5.74) is 1.31. The first-order valence-electron chi connectivity index (χ1n) is 8.37. The Morgan fingerprint density at radius 2 is 1.81 bits per heavy atom. The highest BCUT2D eigenvalue weighted by atomic mass is 16.7. The number of carbonyl (C=O) groups excluding carboxylic acids is 1. The van der Waals surface area contributed by atoms with Crippen LogP contribution in [0.4, 0.5) is 0 Å². The van der Waals surface area contributed by atoms with Gasteiger partial charge in [0.05, 0.1) is 25.2 Å². The fourth-order valence-corrected chi connectivity index (χ4v) is 3.51. The molecule has 0 radical (unpaired) electrons. The van der Waals surface area contributed by atoms with E-state index in [-0.39, 0.29) is 18.6 Å². The van der Waals surface area contributed by atoms with E-state index in [1.54, 1.807) is 30.3 Å². The predicted molar refractivity (Wildman–Crippen MR) is 93.7 cm³/mol. The molecule has 2 aromatic carbocycles. The maximum atomic E-state index is 13.1. The van der Waals surface area contributed by atoms with Gasteiger partial charge in [-0.2, -0.15) is 0 Å². The molecule has 3 aromatic rings. The molecule has 136 valence electrons. The van der Waals surface area contributed by atoms with E-state index in [2.05, 4.69) is 0 Å². The lowest BCUT2D eigenvalue weighted by Crippen LogP contribution is -2.24. The molecule has 0 saturated carbocycles. The summed E-state index contributed by atoms with van der Waals surface area (Å²) < 4.78 is 27.0. The van der Waals surface area contributed by atoms with Crippen LogP contribution in [0.3, 0.4) is 0 Å². The molecule has 0 spiro atoms. The van der Waals surface area contributed by atoms with E-state index in [1.807, 2.05) is 0 Å². The van der Waals surface area contributed by atoms with Crippen molar-refractivity contribution in [3.05, 3.63) is 57.9 Å². The van der Waals surface area contributed by atoms with Crippen molar-refractivity contribution in [2.45, 2.75) is 12.3 Å². The maximum absolute atomic E-state index is 13.1. The Hall–Kier alpha value is -3.48. The third-order valence-corrected chi connectivity index (χ3v) is 4.86. The monoisotopic (exact) mass is 366 g/mol. The van der Waals surface area contributed by atoms with Gasteiger partial charge < -0.3 is 23.4 Å². The van der Waals surface area contributed by atoms with E-state index >= 15 is 0 Å². The van der Waals surface area contributed by atoms with Crippen LogP contribution in [0.5, 0.6) is 23.0 Å². The van der Waals surface area contributed by atoms with Crippen molar-refractivity contribution in [1.29, 1.82) is 0 Å². The summed E-state index contributed by atoms with van der Waals surface area (Å²) in [6.07, 6.45) is 1.45. The molecule has 27 heavy (non-hydrogen) atoms. The molecule has 7 nitrogen and oxygen atoms in total. The second kappa shape index (κ2) is 5.77. The fraction of sp³-hybridized carbons (Fsp3) is 0.200. The Morgan fingerprint density at radius 3 is 2.63 bits per heavy atom. The van der Waals surface area contributed by atoms with Crippen LogP contribution in [-0.4, -0.2) is 19.9 Å². The summed E-state index contributed by atoms with van der Waals surface area (Å²) in [4.78, 5) is 25.3. The maximum Gasteiger partial charge on any atom is 0.312 e. The number of methoxy groups -OCH3 is 1. The number of esters is 1. The minimum absolute atomic E-state index is 0.0346. The summed E-state index contributed by atoms with van der Waals surface area (Å²) in [6, 6.07) is 8.41. The molecule has 0 saturated heterocycles. The highest BCUT2D eigenvalue weighted by Gasteiger charge is 2.33. The first-order valence-corrected chi connectivity index (χ1v) is 8.37. The van der Waals surface area contributed by atoms with Crippen LogP contribution in [0.15, 0.2) is 45.8 Å². The Bertz CT molecular complexity index is 1150. The molecule has 2 aliphatic heterocycles. The quantitative estimate of drug-likeness (QED) is 0.509. The van der Waals surface area contributed by atoms with E-state index in [0.29, 0.717) is 45.1 Å². The van der Waals surface area contributed by atoms with Crippen LogP contribution < -0.4 is 24.4 Å². The van der Waals surface area contributed by atoms with Gasteiger partial charge in [-0.1, -0.05) is 0 Å². The summed E-state index contributed by atoms with van der Waals surface area (Å²) >= 11 is 0. The number of hydrogen-bond donors (Lipinski definition) is 0. The third-order valence-electron chi connectivity index (χ3n) is 4.86. The van der Waals surface area contributed by atoms with Crippen LogP contribution in [0, 0.1) is 0 Å². The lowest BCUT2D eigenvalue weighted by atomic mass is 9.86. The second-order valence-electron chi connectivity index (χ2n) is 6.36. The predicted octanol–water partition coefficient (Wildman–Crippen LogP) is 2.97. The number of fused-ring (bicyclic) bond motifs is 3. The zero-order valence-corrected chi connectivity index (χ0v) is 14.3. The molecule has 0 unspecified atom stereocenters. The van der Waals surface area contributed by atoms with Crippen LogP contribution in [0.2, 0.25) is 0 Å². The number of carbonyl (C=O) groups is 1. The van der Waals surface area contributed by atoms with Crippen LogP contribution in [0.1, 0.15) is 23.5 Å². The van der Waals surface area contributed by atoms with Gasteiger partial charge in [0.1, 0.15) is 17.1 Å². The standard InChI is InChI=1S/C20H14O7/c1-23-10-2-3-15-13(4-10)20(22)14(8-24-15)11-6-19(21)27-16-7-18-17(5-12(11)16)25-9-26-18/h2-5,7-8,11H,6,9H2,1H3/t11-/m1/s1. The van der Waals surface area contributed by atoms with Crippen LogP contribution in [-0.2, 0) is 4.79 Å². The molecule has 5 rings (SSSR count). The van der Waals surface area contributed by atoms with Gasteiger partial charge in [0.25, 0.3) is 0 Å². The van der Waals surface area contributed by atoms with Gasteiger partial charge in [0.15, 0.2) is 16.9 Å². The van der Waals surface area contributed by atoms with E-state index in [9.17, 15) is 9.59 Å². The smallest absolute Gasteiger partial charge is 0.312 e. The highest BCUT2D eigenvalue weighted by molar-refractivity contribution is 5.81. The molecule has 0 aliphatic carbocycles. The van der Waals surface area contributed by atoms with Crippen molar-refractivity contribution in [1.82, 2.24) is 0 Å². The van der Waals surface area contributed by atoms with Crippen molar-refractivity contribution in [3.63, 3.8) is 0 Å². The number of hydrogen-bond acceptors (Lipinski definition) is 7. The first kappa shape index (κ1) is 15.7. The Labute approximate surface area is 153 Å². The number of benzene rings is 2. The topological polar surface area (TPSA) is 84.2 Å². The lowest BCUT2D eigenvalue weighted by molar-refractivity contribution is -0.135. The zero-order chi connectivity index (χ0) is 18.5. The Kier molecular flexibility index (Phi) is 3.36. The molecule has 0 bridgehead atoms. The van der Waals surface area contributed by atoms with Crippen molar-refractivity contribution in [3.8, 4) is 23.0 Å². The molecule has 0 fully saturated rings. The molecule has 1 atom stereocenters. The molecular weight excluding hydrogens is 352 g/mol. The van der Waals surface area contributed by atoms with Gasteiger partial charge >= 0.3 is 5.97 Å². The summed E-state index contributed by atoms with van der Waals surface area (Å²) in [5, 5.41) is 0.396. The van der Waals surface area contributed by atoms with Crippen LogP contribution in [0.25, 0.3) is 11.0 Å². The Balaban J connectivity index is 1.70. The van der Waals surface area contributed by atoms with Crippen molar-refractivity contribution in [2.75, 3.05) is 13.9 Å². The van der Waals surface area contributed by atoms with Gasteiger partial charge in [-0.15, -0.1) is 0 Å². The van der Waals surface area contributed by atoms with E-state index in [1.165, 1.54) is 13.4 Å². The van der Waals surface area contributed by atoms with Crippen LogP contribution >= 0.6 is 0 Å². The highest BCUT2D eigenvalue weighted by Crippen LogP contribution is 2.45. The summed E-state index contributed by atoms with van der Waals surface area (Å²) in [6.45, 7) is 0.106. The van der Waals surface area contributed by atoms with E-state index < -0.39 is 11.9 Å². The average molecular weight is 366 g/mol. The largest absolute Gasteiger partial charge is 0.497 e. The zero-order valence-electron chi connectivity index (χ0n) is 14.3. The van der Waals surface area contributed by atoms with Crippen molar-refractivity contribution >= 4 is 16.9 Å². The second-order valence-corrected chi connectivity index (χ2v) is 6.36. The molecule has 1 aromatic heterocycles. The molecule has 0 amide bonds.